The van der Waals surface area contributed by atoms with Crippen molar-refractivity contribution >= 4 is 5.97 Å². The summed E-state index contributed by atoms with van der Waals surface area (Å²) in [5, 5.41) is 0. The highest BCUT2D eigenvalue weighted by Crippen LogP contribution is 2.23. The van der Waals surface area contributed by atoms with Gasteiger partial charge >= 0.3 is 5.97 Å². The molecule has 19 heavy (non-hydrogen) atoms. The summed E-state index contributed by atoms with van der Waals surface area (Å²) < 4.78 is 31.5. The lowest BCUT2D eigenvalue weighted by Crippen LogP contribution is -2.14. The van der Waals surface area contributed by atoms with Gasteiger partial charge in [0, 0.05) is 24.1 Å². The number of esters is 1. The van der Waals surface area contributed by atoms with E-state index in [0.29, 0.717) is 25.0 Å². The van der Waals surface area contributed by atoms with Gasteiger partial charge < -0.3 is 10.5 Å². The quantitative estimate of drug-likeness (QED) is 0.809. The minimum atomic E-state index is -0.647. The number of halogens is 2. The normalized spacial score (nSPS) is 12.3. The fourth-order valence-corrected chi connectivity index (χ4v) is 1.82. The van der Waals surface area contributed by atoms with Crippen LogP contribution < -0.4 is 5.73 Å². The highest BCUT2D eigenvalue weighted by molar-refractivity contribution is 5.69. The van der Waals surface area contributed by atoms with Crippen molar-refractivity contribution in [3.63, 3.8) is 0 Å². The molecule has 1 rings (SSSR count). The van der Waals surface area contributed by atoms with E-state index in [4.69, 9.17) is 10.5 Å². The minimum absolute atomic E-state index is 0.253. The maximum absolute atomic E-state index is 13.6. The number of hydrogen-bond donors (Lipinski definition) is 1. The predicted octanol–water partition coefficient (Wildman–Crippen LogP) is 3.01. The number of ether oxygens (including phenoxy) is 1. The Kier molecular flexibility index (Phi) is 5.89. The van der Waals surface area contributed by atoms with E-state index in [-0.39, 0.29) is 18.0 Å². The van der Waals surface area contributed by atoms with Crippen molar-refractivity contribution < 1.29 is 18.3 Å². The van der Waals surface area contributed by atoms with Crippen molar-refractivity contribution in [2.45, 2.75) is 39.2 Å². The Bertz CT molecular complexity index is 449. The smallest absolute Gasteiger partial charge is 0.305 e. The van der Waals surface area contributed by atoms with E-state index in [9.17, 15) is 13.6 Å². The van der Waals surface area contributed by atoms with Crippen LogP contribution in [-0.2, 0) is 9.53 Å². The van der Waals surface area contributed by atoms with Crippen LogP contribution in [0.25, 0.3) is 0 Å². The Balaban J connectivity index is 2.56. The topological polar surface area (TPSA) is 52.3 Å². The van der Waals surface area contributed by atoms with Crippen molar-refractivity contribution in [1.82, 2.24) is 0 Å². The molecule has 0 aliphatic heterocycles. The molecule has 106 valence electrons. The maximum Gasteiger partial charge on any atom is 0.305 e. The van der Waals surface area contributed by atoms with E-state index < -0.39 is 17.7 Å². The van der Waals surface area contributed by atoms with Crippen LogP contribution in [0.15, 0.2) is 12.1 Å². The highest BCUT2D eigenvalue weighted by atomic mass is 19.1. The Labute approximate surface area is 111 Å². The summed E-state index contributed by atoms with van der Waals surface area (Å²) in [6.45, 7) is 3.64. The lowest BCUT2D eigenvalue weighted by Gasteiger charge is -2.14. The maximum atomic E-state index is 13.6. The second kappa shape index (κ2) is 7.19. The number of rotatable bonds is 6. The molecule has 0 aromatic heterocycles. The van der Waals surface area contributed by atoms with Gasteiger partial charge in [-0.2, -0.15) is 0 Å². The third kappa shape index (κ3) is 4.59. The molecule has 5 heteroatoms. The van der Waals surface area contributed by atoms with Crippen LogP contribution in [0.3, 0.4) is 0 Å². The molecular formula is C14H19F2NO2. The van der Waals surface area contributed by atoms with Crippen LogP contribution in [0.5, 0.6) is 0 Å². The summed E-state index contributed by atoms with van der Waals surface area (Å²) in [6.07, 6.45) is 1.21. The molecule has 0 saturated heterocycles. The summed E-state index contributed by atoms with van der Waals surface area (Å²) in [5.41, 5.74) is 6.50. The summed E-state index contributed by atoms with van der Waals surface area (Å²) in [6, 6.07) is 1.71. The minimum Gasteiger partial charge on any atom is -0.466 e. The largest absolute Gasteiger partial charge is 0.466 e. The molecule has 0 radical (unpaired) electrons. The van der Waals surface area contributed by atoms with Crippen molar-refractivity contribution in [2.75, 3.05) is 6.61 Å². The van der Waals surface area contributed by atoms with Gasteiger partial charge in [-0.25, -0.2) is 8.78 Å². The van der Waals surface area contributed by atoms with Gasteiger partial charge in [0.25, 0.3) is 0 Å². The van der Waals surface area contributed by atoms with Crippen LogP contribution in [-0.4, -0.2) is 12.6 Å². The summed E-state index contributed by atoms with van der Waals surface area (Å²) in [7, 11) is 0. The zero-order valence-electron chi connectivity index (χ0n) is 11.2. The van der Waals surface area contributed by atoms with Crippen LogP contribution in [0.1, 0.15) is 43.4 Å². The van der Waals surface area contributed by atoms with Gasteiger partial charge in [-0.1, -0.05) is 0 Å². The molecule has 0 bridgehead atoms. The van der Waals surface area contributed by atoms with E-state index in [1.54, 1.807) is 13.8 Å². The molecule has 0 amide bonds. The average Bonchev–Trinajstić information content (AvgIpc) is 2.34. The summed E-state index contributed by atoms with van der Waals surface area (Å²) in [4.78, 5) is 11.1. The van der Waals surface area contributed by atoms with Gasteiger partial charge in [0.1, 0.15) is 11.6 Å². The molecule has 0 aliphatic carbocycles. The molecule has 1 aromatic rings. The zero-order valence-corrected chi connectivity index (χ0v) is 11.2. The van der Waals surface area contributed by atoms with Crippen molar-refractivity contribution in [1.29, 1.82) is 0 Å². The predicted molar refractivity (Wildman–Crippen MR) is 68.5 cm³/mol. The van der Waals surface area contributed by atoms with E-state index in [2.05, 4.69) is 0 Å². The molecule has 0 aliphatic rings. The molecule has 3 nitrogen and oxygen atoms in total. The third-order valence-electron chi connectivity index (χ3n) is 2.88. The number of nitrogens with two attached hydrogens (primary N) is 1. The SMILES string of the molecule is CCOC(=O)CCCC(N)c1cc(C)c(F)cc1F. The third-order valence-corrected chi connectivity index (χ3v) is 2.88. The number of carbonyl (C=O) groups is 1. The summed E-state index contributed by atoms with van der Waals surface area (Å²) in [5.74, 6) is -1.52. The second-order valence-electron chi connectivity index (χ2n) is 4.43. The van der Waals surface area contributed by atoms with Crippen LogP contribution in [0, 0.1) is 18.6 Å². The number of hydrogen-bond acceptors (Lipinski definition) is 3. The fraction of sp³-hybridized carbons (Fsp3) is 0.500. The van der Waals surface area contributed by atoms with Crippen molar-refractivity contribution in [2.24, 2.45) is 5.73 Å². The molecule has 0 heterocycles. The van der Waals surface area contributed by atoms with E-state index in [1.165, 1.54) is 6.07 Å². The first-order valence-electron chi connectivity index (χ1n) is 6.32. The lowest BCUT2D eigenvalue weighted by atomic mass is 9.99. The Morgan fingerprint density at radius 2 is 2.05 bits per heavy atom. The molecule has 0 spiro atoms. The molecule has 2 N–H and O–H groups in total. The van der Waals surface area contributed by atoms with Gasteiger partial charge in [0.05, 0.1) is 6.61 Å². The first kappa shape index (κ1) is 15.6. The zero-order chi connectivity index (χ0) is 14.4. The van der Waals surface area contributed by atoms with Gasteiger partial charge in [0.2, 0.25) is 0 Å². The van der Waals surface area contributed by atoms with Gasteiger partial charge in [-0.15, -0.1) is 0 Å². The number of carbonyl (C=O) groups excluding carboxylic acids is 1. The van der Waals surface area contributed by atoms with E-state index in [1.807, 2.05) is 0 Å². The molecular weight excluding hydrogens is 252 g/mol. The van der Waals surface area contributed by atoms with Crippen LogP contribution >= 0.6 is 0 Å². The van der Waals surface area contributed by atoms with E-state index in [0.717, 1.165) is 6.07 Å². The van der Waals surface area contributed by atoms with Gasteiger partial charge in [0.15, 0.2) is 0 Å². The van der Waals surface area contributed by atoms with Crippen LogP contribution in [0.2, 0.25) is 0 Å². The highest BCUT2D eigenvalue weighted by Gasteiger charge is 2.14. The van der Waals surface area contributed by atoms with Crippen molar-refractivity contribution in [3.05, 3.63) is 34.9 Å². The summed E-state index contributed by atoms with van der Waals surface area (Å²) >= 11 is 0. The number of aryl methyl sites for hydroxylation is 1. The standard InChI is InChI=1S/C14H19F2NO2/c1-3-19-14(18)6-4-5-13(17)10-7-9(2)11(15)8-12(10)16/h7-8,13H,3-6,17H2,1-2H3. The molecule has 0 fully saturated rings. The van der Waals surface area contributed by atoms with Crippen molar-refractivity contribution in [3.8, 4) is 0 Å². The molecule has 1 aromatic carbocycles. The molecule has 1 atom stereocenters. The Hall–Kier alpha value is -1.49. The first-order valence-corrected chi connectivity index (χ1v) is 6.32. The molecule has 1 unspecified atom stereocenters. The lowest BCUT2D eigenvalue weighted by molar-refractivity contribution is -0.143. The molecule has 0 saturated carbocycles. The average molecular weight is 271 g/mol. The Morgan fingerprint density at radius 1 is 1.37 bits per heavy atom. The van der Waals surface area contributed by atoms with Gasteiger partial charge in [-0.3, -0.25) is 4.79 Å². The van der Waals surface area contributed by atoms with Crippen LogP contribution in [0.4, 0.5) is 8.78 Å². The van der Waals surface area contributed by atoms with Gasteiger partial charge in [-0.05, 0) is 38.3 Å². The van der Waals surface area contributed by atoms with E-state index >= 15 is 0 Å². The Morgan fingerprint density at radius 3 is 2.68 bits per heavy atom. The monoisotopic (exact) mass is 271 g/mol. The fourth-order valence-electron chi connectivity index (χ4n) is 1.82. The second-order valence-corrected chi connectivity index (χ2v) is 4.43. The first-order chi connectivity index (χ1) is 8.95. The number of benzene rings is 1.